The number of nitrogens with zero attached hydrogens (tertiary/aromatic N) is 6. The summed E-state index contributed by atoms with van der Waals surface area (Å²) >= 11 is 0.979. The van der Waals surface area contributed by atoms with Crippen molar-refractivity contribution < 1.29 is 109 Å². The van der Waals surface area contributed by atoms with Crippen LogP contribution in [0, 0.1) is 39.9 Å². The van der Waals surface area contributed by atoms with Crippen LogP contribution in [0.25, 0.3) is 0 Å². The number of benzene rings is 3. The third kappa shape index (κ3) is 19.3. The number of hydrogen-bond acceptors (Lipinski definition) is 20. The van der Waals surface area contributed by atoms with Crippen LogP contribution < -0.4 is 30.7 Å². The number of aromatic hydroxyl groups is 2. The maximum absolute atomic E-state index is 13.8. The Morgan fingerprint density at radius 3 is 1.71 bits per heavy atom. The molecule has 421 valence electrons. The van der Waals surface area contributed by atoms with E-state index in [1.165, 1.54) is 24.3 Å². The number of nitrogens with one attached hydrogen (secondary N) is 2. The summed E-state index contributed by atoms with van der Waals surface area (Å²) in [5.41, 5.74) is 0.785. The van der Waals surface area contributed by atoms with E-state index in [0.29, 0.717) is 54.7 Å². The van der Waals surface area contributed by atoms with Crippen molar-refractivity contribution in [1.82, 2.24) is 30.2 Å². The van der Waals surface area contributed by atoms with Crippen LogP contribution in [-0.2, 0) is 50.3 Å². The quantitative estimate of drug-likeness (QED) is 0.0264. The van der Waals surface area contributed by atoms with Crippen LogP contribution >= 0.6 is 0 Å². The van der Waals surface area contributed by atoms with E-state index in [1.807, 2.05) is 0 Å². The SMILES string of the molecule is O=CCCCCCCCCCCNC(=O)C(CCCCN=S=C=Nc1ccc2c(c1)C(=O)OC21c2ccc(O)cc2Oc2cc(O)ccc21)NC(=O)CN1CCN(CC(=O)[O-])CCN(CC(=O)[O-])CCN(CC(=O)[O-])CC1.[Gd+3]. The van der Waals surface area contributed by atoms with Gasteiger partial charge in [-0.05, 0) is 68.5 Å². The topological polar surface area (TPSA) is 309 Å². The van der Waals surface area contributed by atoms with Gasteiger partial charge in [0.05, 0.1) is 47.4 Å². The van der Waals surface area contributed by atoms with Gasteiger partial charge in [-0.1, -0.05) is 44.6 Å². The summed E-state index contributed by atoms with van der Waals surface area (Å²) in [4.78, 5) is 97.1. The molecule has 1 atom stereocenters. The van der Waals surface area contributed by atoms with Gasteiger partial charge in [0.1, 0.15) is 35.3 Å². The number of carboxylic acid groups (broad SMARTS) is 3. The fourth-order valence-corrected chi connectivity index (χ4v) is 10.1. The van der Waals surface area contributed by atoms with Crippen molar-refractivity contribution in [3.63, 3.8) is 0 Å². The maximum Gasteiger partial charge on any atom is 3.00 e. The van der Waals surface area contributed by atoms with Crippen molar-refractivity contribution in [2.24, 2.45) is 9.36 Å². The molecule has 6 rings (SSSR count). The minimum Gasteiger partial charge on any atom is -0.549 e. The zero-order valence-corrected chi connectivity index (χ0v) is 46.6. The number of phenolic OH excluding ortho intramolecular Hbond substituents is 2. The number of ether oxygens (including phenoxy) is 2. The molecule has 4 N–H and O–H groups in total. The van der Waals surface area contributed by atoms with E-state index in [-0.39, 0.29) is 140 Å². The molecule has 1 saturated heterocycles. The minimum absolute atomic E-state index is 0. The van der Waals surface area contributed by atoms with Gasteiger partial charge in [0, 0.05) is 125 Å². The molecule has 24 heteroatoms. The molecule has 3 heterocycles. The molecule has 1 unspecified atom stereocenters. The Kier molecular flexibility index (Phi) is 26.2. The maximum atomic E-state index is 13.8. The smallest absolute Gasteiger partial charge is 0.549 e. The van der Waals surface area contributed by atoms with Crippen LogP contribution in [0.2, 0.25) is 0 Å². The van der Waals surface area contributed by atoms with Gasteiger partial charge in [0.2, 0.25) is 11.8 Å². The van der Waals surface area contributed by atoms with Gasteiger partial charge in [-0.15, -0.1) is 0 Å². The first-order valence-electron chi connectivity index (χ1n) is 26.2. The van der Waals surface area contributed by atoms with Gasteiger partial charge in [0.15, 0.2) is 5.60 Å². The molecule has 3 aromatic rings. The monoisotopic (exact) mass is 1240 g/mol. The van der Waals surface area contributed by atoms with E-state index in [4.69, 9.17) is 9.47 Å². The van der Waals surface area contributed by atoms with E-state index in [9.17, 15) is 59.1 Å². The number of phenols is 2. The summed E-state index contributed by atoms with van der Waals surface area (Å²) in [7, 11) is 0. The molecular formula is C54H67GdN8O14S. The van der Waals surface area contributed by atoms with Crippen molar-refractivity contribution in [3.8, 4) is 23.0 Å². The molecule has 22 nitrogen and oxygen atoms in total. The van der Waals surface area contributed by atoms with E-state index in [1.54, 1.807) is 49.9 Å². The third-order valence-electron chi connectivity index (χ3n) is 13.6. The normalized spacial score (nSPS) is 15.9. The Labute approximate surface area is 488 Å². The summed E-state index contributed by atoms with van der Waals surface area (Å²) in [5, 5.41) is 63.9. The molecule has 1 fully saturated rings. The first kappa shape index (κ1) is 63.1. The predicted octanol–water partition coefficient (Wildman–Crippen LogP) is 0.421. The van der Waals surface area contributed by atoms with E-state index >= 15 is 0 Å². The molecule has 3 aromatic carbocycles. The zero-order valence-electron chi connectivity index (χ0n) is 43.5. The number of carboxylic acids is 3. The number of carbonyl (C=O) groups is 7. The van der Waals surface area contributed by atoms with Crippen molar-refractivity contribution in [2.75, 3.05) is 91.6 Å². The van der Waals surface area contributed by atoms with Crippen molar-refractivity contribution in [1.29, 1.82) is 0 Å². The summed E-state index contributed by atoms with van der Waals surface area (Å²) in [6.45, 7) is 0.617. The second kappa shape index (κ2) is 32.4. The molecule has 0 aliphatic carbocycles. The number of carbonyl (C=O) groups excluding carboxylic acids is 7. The van der Waals surface area contributed by atoms with Gasteiger partial charge in [-0.2, -0.15) is 4.99 Å². The predicted molar refractivity (Wildman–Crippen MR) is 277 cm³/mol. The Hall–Kier alpha value is -5.69. The van der Waals surface area contributed by atoms with Crippen molar-refractivity contribution in [2.45, 2.75) is 88.7 Å². The van der Waals surface area contributed by atoms with Gasteiger partial charge in [-0.25, -0.2) is 9.16 Å². The summed E-state index contributed by atoms with van der Waals surface area (Å²) in [5.74, 6) is -4.99. The number of isothiocyanates is 1. The molecule has 0 saturated carbocycles. The Bertz CT molecular complexity index is 2600. The number of rotatable bonds is 27. The Morgan fingerprint density at radius 2 is 1.18 bits per heavy atom. The molecule has 3 aliphatic heterocycles. The van der Waals surface area contributed by atoms with Crippen LogP contribution in [-0.4, -0.2) is 175 Å². The number of esters is 1. The van der Waals surface area contributed by atoms with Gasteiger partial charge < -0.3 is 64.8 Å². The molecule has 1 radical (unpaired) electrons. The number of amides is 2. The van der Waals surface area contributed by atoms with Crippen molar-refractivity contribution >= 4 is 64.0 Å². The van der Waals surface area contributed by atoms with Gasteiger partial charge in [0.25, 0.3) is 0 Å². The summed E-state index contributed by atoms with van der Waals surface area (Å²) < 4.78 is 16.6. The fourth-order valence-electron chi connectivity index (χ4n) is 9.65. The first-order valence-corrected chi connectivity index (χ1v) is 26.9. The van der Waals surface area contributed by atoms with Gasteiger partial charge >= 0.3 is 45.9 Å². The molecule has 1 spiro atoms. The molecule has 78 heavy (non-hydrogen) atoms. The second-order valence-corrected chi connectivity index (χ2v) is 19.9. The Balaban J connectivity index is 0.0000112. The van der Waals surface area contributed by atoms with Crippen LogP contribution in [0.15, 0.2) is 64.0 Å². The van der Waals surface area contributed by atoms with E-state index < -0.39 is 61.1 Å². The van der Waals surface area contributed by atoms with Crippen molar-refractivity contribution in [3.05, 3.63) is 76.9 Å². The van der Waals surface area contributed by atoms with E-state index in [2.05, 4.69) is 25.1 Å². The standard InChI is InChI=1S/C54H70N8O14S.Gd/c63-29-11-7-5-3-1-2-4-6-9-19-55-52(73)45(58-48(66)33-59-21-23-60(34-49(67)68)25-27-62(36-51(71)72)28-26-61(24-22-59)35-50(69)70)12-8-10-20-57-77-37-56-38-13-16-42-41(30-38)53(74)76-54(42)43-17-14-39(64)31-46(43)75-47-32-40(65)15-18-44(47)54;/h13-18,29-32,45,64-65H,1-12,19-28,33-36H2,(H,55,73)(H,58,66)(H,67,68)(H,69,70)(H,71,72);/q;+3/p-3. The number of aliphatic carboxylic acids is 3. The minimum atomic E-state index is -1.41. The molecule has 0 aromatic heterocycles. The molecular weight excluding hydrogens is 1170 g/mol. The summed E-state index contributed by atoms with van der Waals surface area (Å²) in [6, 6.07) is 13.2. The average Bonchev–Trinajstić information content (AvgIpc) is 3.93. The van der Waals surface area contributed by atoms with Crippen LogP contribution in [0.3, 0.4) is 0 Å². The largest absolute Gasteiger partial charge is 3.00 e. The average molecular weight is 1240 g/mol. The van der Waals surface area contributed by atoms with Crippen LogP contribution in [0.4, 0.5) is 5.69 Å². The van der Waals surface area contributed by atoms with Crippen LogP contribution in [0.1, 0.15) is 104 Å². The molecule has 0 bridgehead atoms. The zero-order chi connectivity index (χ0) is 55.2. The Morgan fingerprint density at radius 1 is 0.679 bits per heavy atom. The molecule has 3 aliphatic rings. The summed E-state index contributed by atoms with van der Waals surface area (Å²) in [6.07, 6.45) is 10.7. The second-order valence-electron chi connectivity index (χ2n) is 19.3. The number of aldehydes is 1. The number of fused-ring (bicyclic) bond motifs is 6. The fraction of sp³-hybridized carbons (Fsp3) is 0.519. The van der Waals surface area contributed by atoms with Crippen LogP contribution in [0.5, 0.6) is 23.0 Å². The number of aliphatic imine (C=N–C) groups is 1. The van der Waals surface area contributed by atoms with E-state index in [0.717, 1.165) is 68.8 Å². The first-order chi connectivity index (χ1) is 37.1. The number of unbranched alkanes of at least 4 members (excludes halogenated alkanes) is 9. The molecule has 2 amide bonds. The number of hydrogen-bond donors (Lipinski definition) is 4. The van der Waals surface area contributed by atoms with Gasteiger partial charge in [-0.3, -0.25) is 29.2 Å². The third-order valence-corrected chi connectivity index (χ3v) is 14.1.